The van der Waals surface area contributed by atoms with Crippen molar-refractivity contribution in [1.29, 1.82) is 0 Å². The quantitative estimate of drug-likeness (QED) is 0.651. The Labute approximate surface area is 137 Å². The highest BCUT2D eigenvalue weighted by Crippen LogP contribution is 2.23. The van der Waals surface area contributed by atoms with Crippen molar-refractivity contribution in [3.05, 3.63) is 48.3 Å². The van der Waals surface area contributed by atoms with Crippen LogP contribution in [0.1, 0.15) is 0 Å². The Bertz CT molecular complexity index is 643. The summed E-state index contributed by atoms with van der Waals surface area (Å²) in [6.07, 6.45) is 3.67. The lowest BCUT2D eigenvalue weighted by molar-refractivity contribution is -0.116. The van der Waals surface area contributed by atoms with E-state index in [1.807, 2.05) is 47.0 Å². The van der Waals surface area contributed by atoms with Crippen molar-refractivity contribution in [2.45, 2.75) is 5.16 Å². The van der Waals surface area contributed by atoms with Crippen molar-refractivity contribution in [1.82, 2.24) is 15.2 Å². The maximum Gasteiger partial charge on any atom is 0.237 e. The SMILES string of the molecule is O=C(CSc1ncn[nH]1)N(CC1=CCSC1)c1ccccc1. The third-order valence-electron chi connectivity index (χ3n) is 3.23. The van der Waals surface area contributed by atoms with Gasteiger partial charge in [0, 0.05) is 23.7 Å². The fourth-order valence-corrected chi connectivity index (χ4v) is 3.74. The number of aromatic nitrogens is 3. The smallest absolute Gasteiger partial charge is 0.237 e. The van der Waals surface area contributed by atoms with Gasteiger partial charge in [0.15, 0.2) is 5.16 Å². The lowest BCUT2D eigenvalue weighted by Crippen LogP contribution is -2.34. The number of rotatable bonds is 6. The van der Waals surface area contributed by atoms with E-state index in [1.165, 1.54) is 23.7 Å². The number of thioether (sulfide) groups is 2. The van der Waals surface area contributed by atoms with Gasteiger partial charge in [-0.15, -0.1) is 0 Å². The van der Waals surface area contributed by atoms with Crippen molar-refractivity contribution in [2.75, 3.05) is 28.7 Å². The van der Waals surface area contributed by atoms with Crippen LogP contribution < -0.4 is 4.90 Å². The van der Waals surface area contributed by atoms with E-state index >= 15 is 0 Å². The van der Waals surface area contributed by atoms with Crippen molar-refractivity contribution >= 4 is 35.1 Å². The molecule has 0 bridgehead atoms. The number of aromatic amines is 1. The third kappa shape index (κ3) is 3.92. The molecule has 1 aromatic heterocycles. The van der Waals surface area contributed by atoms with Crippen molar-refractivity contribution in [3.63, 3.8) is 0 Å². The maximum absolute atomic E-state index is 12.6. The Morgan fingerprint density at radius 2 is 2.23 bits per heavy atom. The van der Waals surface area contributed by atoms with Gasteiger partial charge in [-0.25, -0.2) is 4.98 Å². The lowest BCUT2D eigenvalue weighted by Gasteiger charge is -2.23. The Morgan fingerprint density at radius 3 is 2.91 bits per heavy atom. The first-order valence-corrected chi connectivity index (χ1v) is 9.06. The fraction of sp³-hybridized carbons (Fsp3) is 0.267. The number of nitrogens with one attached hydrogen (secondary N) is 1. The summed E-state index contributed by atoms with van der Waals surface area (Å²) in [5.41, 5.74) is 2.25. The Balaban J connectivity index is 1.70. The Kier molecular flexibility index (Phi) is 5.18. The second-order valence-electron chi connectivity index (χ2n) is 4.77. The number of carbonyl (C=O) groups excluding carboxylic acids is 1. The number of hydrogen-bond donors (Lipinski definition) is 1. The van der Waals surface area contributed by atoms with Gasteiger partial charge in [0.05, 0.1) is 5.75 Å². The number of amides is 1. The highest BCUT2D eigenvalue weighted by atomic mass is 32.2. The van der Waals surface area contributed by atoms with Crippen LogP contribution in [0.2, 0.25) is 0 Å². The molecule has 0 radical (unpaired) electrons. The molecule has 5 nitrogen and oxygen atoms in total. The molecule has 7 heteroatoms. The van der Waals surface area contributed by atoms with E-state index < -0.39 is 0 Å². The topological polar surface area (TPSA) is 61.9 Å². The van der Waals surface area contributed by atoms with Crippen LogP contribution in [0.15, 0.2) is 53.5 Å². The van der Waals surface area contributed by atoms with Crippen LogP contribution in [-0.4, -0.2) is 44.9 Å². The number of H-pyrrole nitrogens is 1. The van der Waals surface area contributed by atoms with Gasteiger partial charge in [-0.1, -0.05) is 36.0 Å². The minimum absolute atomic E-state index is 0.0744. The maximum atomic E-state index is 12.6. The molecule has 1 aromatic carbocycles. The van der Waals surface area contributed by atoms with E-state index in [4.69, 9.17) is 0 Å². The molecule has 0 unspecified atom stereocenters. The number of para-hydroxylation sites is 1. The number of benzene rings is 1. The summed E-state index contributed by atoms with van der Waals surface area (Å²) >= 11 is 3.25. The summed E-state index contributed by atoms with van der Waals surface area (Å²) in [7, 11) is 0. The van der Waals surface area contributed by atoms with E-state index in [0.717, 1.165) is 17.2 Å². The van der Waals surface area contributed by atoms with Gasteiger partial charge in [-0.05, 0) is 17.7 Å². The zero-order valence-corrected chi connectivity index (χ0v) is 13.6. The van der Waals surface area contributed by atoms with Crippen LogP contribution in [0.3, 0.4) is 0 Å². The zero-order chi connectivity index (χ0) is 15.2. The van der Waals surface area contributed by atoms with E-state index in [0.29, 0.717) is 17.5 Å². The highest BCUT2D eigenvalue weighted by molar-refractivity contribution is 8.00. The fourth-order valence-electron chi connectivity index (χ4n) is 2.14. The molecule has 1 aliphatic rings. The molecule has 1 N–H and O–H groups in total. The van der Waals surface area contributed by atoms with Crippen molar-refractivity contribution < 1.29 is 4.79 Å². The zero-order valence-electron chi connectivity index (χ0n) is 11.9. The van der Waals surface area contributed by atoms with Gasteiger partial charge < -0.3 is 4.90 Å². The molecule has 0 fully saturated rings. The molecule has 0 aliphatic carbocycles. The summed E-state index contributed by atoms with van der Waals surface area (Å²) in [6, 6.07) is 9.81. The number of carbonyl (C=O) groups is 1. The Morgan fingerprint density at radius 1 is 1.36 bits per heavy atom. The van der Waals surface area contributed by atoms with Crippen LogP contribution in [0, 0.1) is 0 Å². The van der Waals surface area contributed by atoms with Crippen LogP contribution in [0.4, 0.5) is 5.69 Å². The van der Waals surface area contributed by atoms with Gasteiger partial charge in [-0.3, -0.25) is 9.89 Å². The number of hydrogen-bond acceptors (Lipinski definition) is 5. The van der Waals surface area contributed by atoms with E-state index in [9.17, 15) is 4.79 Å². The summed E-state index contributed by atoms with van der Waals surface area (Å²) in [6.45, 7) is 0.660. The van der Waals surface area contributed by atoms with Crippen LogP contribution in [-0.2, 0) is 4.79 Å². The average molecular weight is 332 g/mol. The molecular formula is C15H16N4OS2. The van der Waals surface area contributed by atoms with Crippen molar-refractivity contribution in [3.8, 4) is 0 Å². The average Bonchev–Trinajstić information content (AvgIpc) is 3.24. The first kappa shape index (κ1) is 15.2. The molecule has 1 amide bonds. The van der Waals surface area contributed by atoms with Crippen LogP contribution in [0.5, 0.6) is 0 Å². The largest absolute Gasteiger partial charge is 0.308 e. The monoisotopic (exact) mass is 332 g/mol. The van der Waals surface area contributed by atoms with Gasteiger partial charge >= 0.3 is 0 Å². The summed E-state index contributed by atoms with van der Waals surface area (Å²) in [5.74, 6) is 2.46. The van der Waals surface area contributed by atoms with E-state index in [2.05, 4.69) is 21.3 Å². The van der Waals surface area contributed by atoms with Crippen LogP contribution in [0.25, 0.3) is 0 Å². The molecule has 0 saturated carbocycles. The molecule has 0 saturated heterocycles. The van der Waals surface area contributed by atoms with Gasteiger partial charge in [0.2, 0.25) is 5.91 Å². The predicted molar refractivity (Wildman–Crippen MR) is 91.3 cm³/mol. The third-order valence-corrected chi connectivity index (χ3v) is 5.07. The Hall–Kier alpha value is -1.73. The minimum atomic E-state index is 0.0744. The molecular weight excluding hydrogens is 316 g/mol. The highest BCUT2D eigenvalue weighted by Gasteiger charge is 2.19. The number of anilines is 1. The minimum Gasteiger partial charge on any atom is -0.308 e. The predicted octanol–water partition coefficient (Wildman–Crippen LogP) is 2.60. The second kappa shape index (κ2) is 7.51. The molecule has 0 atom stereocenters. The van der Waals surface area contributed by atoms with Gasteiger partial charge in [0.1, 0.15) is 6.33 Å². The molecule has 114 valence electrons. The molecule has 0 spiro atoms. The molecule has 2 aromatic rings. The first-order valence-electron chi connectivity index (χ1n) is 6.92. The standard InChI is InChI=1S/C15H16N4OS2/c20-14(10-22-15-16-11-17-18-15)19(8-12-6-7-21-9-12)13-4-2-1-3-5-13/h1-6,11H,7-10H2,(H,16,17,18). The second-order valence-corrected chi connectivity index (χ2v) is 6.77. The van der Waals surface area contributed by atoms with E-state index in [-0.39, 0.29) is 5.91 Å². The van der Waals surface area contributed by atoms with E-state index in [1.54, 1.807) is 0 Å². The normalized spacial score (nSPS) is 13.9. The molecule has 22 heavy (non-hydrogen) atoms. The summed E-state index contributed by atoms with van der Waals surface area (Å²) in [4.78, 5) is 18.5. The summed E-state index contributed by atoms with van der Waals surface area (Å²) < 4.78 is 0. The number of nitrogens with zero attached hydrogens (tertiary/aromatic N) is 3. The lowest BCUT2D eigenvalue weighted by atomic mass is 10.2. The van der Waals surface area contributed by atoms with Crippen LogP contribution >= 0.6 is 23.5 Å². The van der Waals surface area contributed by atoms with Crippen molar-refractivity contribution in [2.24, 2.45) is 0 Å². The first-order chi connectivity index (χ1) is 10.8. The van der Waals surface area contributed by atoms with Gasteiger partial charge in [-0.2, -0.15) is 16.9 Å². The molecule has 2 heterocycles. The molecule has 1 aliphatic heterocycles. The van der Waals surface area contributed by atoms with Gasteiger partial charge in [0.25, 0.3) is 0 Å². The summed E-state index contributed by atoms with van der Waals surface area (Å²) in [5, 5.41) is 7.22. The molecule has 3 rings (SSSR count).